The van der Waals surface area contributed by atoms with E-state index in [2.05, 4.69) is 28.3 Å². The Labute approximate surface area is 207 Å². The average Bonchev–Trinajstić information content (AvgIpc) is 3.41. The van der Waals surface area contributed by atoms with Crippen molar-refractivity contribution in [1.29, 1.82) is 0 Å². The zero-order valence-electron chi connectivity index (χ0n) is 19.3. The van der Waals surface area contributed by atoms with Crippen molar-refractivity contribution in [3.63, 3.8) is 0 Å². The van der Waals surface area contributed by atoms with Gasteiger partial charge in [0.1, 0.15) is 13.2 Å². The van der Waals surface area contributed by atoms with E-state index >= 15 is 0 Å². The summed E-state index contributed by atoms with van der Waals surface area (Å²) in [4.78, 5) is 54.5. The van der Waals surface area contributed by atoms with Crippen LogP contribution in [-0.2, 0) is 20.9 Å². The molecule has 2 aliphatic heterocycles. The molecule has 2 saturated heterocycles. The number of hydrogen-bond acceptors (Lipinski definition) is 9. The number of thiol groups is 1. The van der Waals surface area contributed by atoms with Gasteiger partial charge in [-0.2, -0.15) is 12.6 Å². The highest BCUT2D eigenvalue weighted by Crippen LogP contribution is 2.23. The van der Waals surface area contributed by atoms with Gasteiger partial charge in [-0.25, -0.2) is 9.79 Å². The van der Waals surface area contributed by atoms with Gasteiger partial charge in [-0.3, -0.25) is 29.9 Å². The Bertz CT molecular complexity index is 989. The van der Waals surface area contributed by atoms with Crippen LogP contribution in [0.25, 0.3) is 0 Å². The van der Waals surface area contributed by atoms with Gasteiger partial charge >= 0.3 is 6.09 Å². The fraction of sp³-hybridized carbons (Fsp3) is 0.524. The minimum atomic E-state index is -0.879. The number of likely N-dealkylation sites (N-methyl/N-ethyl adjacent to an activating group) is 1. The first-order chi connectivity index (χ1) is 16.6. The van der Waals surface area contributed by atoms with Crippen molar-refractivity contribution < 1.29 is 24.0 Å². The second kappa shape index (κ2) is 11.8. The number of rotatable bonds is 7. The number of nitro groups is 1. The number of alkyl carbamates (subject to hydrolysis) is 1. The van der Waals surface area contributed by atoms with Crippen molar-refractivity contribution in [2.75, 3.05) is 33.2 Å². The number of hydrogen-bond donors (Lipinski definition) is 4. The van der Waals surface area contributed by atoms with E-state index in [9.17, 15) is 24.5 Å². The number of carbonyl (C=O) groups excluding carboxylic acids is 3. The summed E-state index contributed by atoms with van der Waals surface area (Å²) in [5.41, 5.74) is 6.11. The van der Waals surface area contributed by atoms with Gasteiger partial charge in [0.2, 0.25) is 11.8 Å². The maximum Gasteiger partial charge on any atom is 0.414 e. The number of guanidine groups is 1. The second-order valence-electron chi connectivity index (χ2n) is 8.51. The summed E-state index contributed by atoms with van der Waals surface area (Å²) >= 11 is 4.46. The second-order valence-corrected chi connectivity index (χ2v) is 9.24. The predicted molar refractivity (Wildman–Crippen MR) is 130 cm³/mol. The van der Waals surface area contributed by atoms with Gasteiger partial charge in [-0.1, -0.05) is 0 Å². The molecule has 1 aromatic rings. The first-order valence-corrected chi connectivity index (χ1v) is 11.6. The number of benzene rings is 1. The van der Waals surface area contributed by atoms with Crippen LogP contribution in [0.15, 0.2) is 29.3 Å². The Balaban J connectivity index is 1.36. The van der Waals surface area contributed by atoms with Gasteiger partial charge < -0.3 is 20.7 Å². The van der Waals surface area contributed by atoms with Crippen LogP contribution in [0.5, 0.6) is 0 Å². The summed E-state index contributed by atoms with van der Waals surface area (Å²) in [6.45, 7) is 1.34. The number of amides is 3. The number of aliphatic imine (C=N–C) groups is 1. The number of likely N-dealkylation sites (tertiary alicyclic amines) is 2. The van der Waals surface area contributed by atoms with Crippen molar-refractivity contribution in [2.24, 2.45) is 10.7 Å². The number of nitrogens with two attached hydrogens (primary N) is 1. The number of carbonyl (C=O) groups is 3. The average molecular weight is 508 g/mol. The van der Waals surface area contributed by atoms with Crippen LogP contribution in [-0.4, -0.2) is 89.2 Å². The highest BCUT2D eigenvalue weighted by Gasteiger charge is 2.37. The zero-order valence-corrected chi connectivity index (χ0v) is 20.1. The number of non-ortho nitro benzene ring substituents is 1. The quantitative estimate of drug-likeness (QED) is 0.130. The molecule has 2 aliphatic rings. The van der Waals surface area contributed by atoms with Crippen LogP contribution < -0.4 is 16.4 Å². The molecule has 0 aliphatic carbocycles. The maximum absolute atomic E-state index is 12.8. The zero-order chi connectivity index (χ0) is 25.5. The normalized spacial score (nSPS) is 22.6. The molecule has 0 spiro atoms. The highest BCUT2D eigenvalue weighted by molar-refractivity contribution is 7.81. The molecule has 2 heterocycles. The van der Waals surface area contributed by atoms with Gasteiger partial charge in [0.25, 0.3) is 5.69 Å². The van der Waals surface area contributed by atoms with Gasteiger partial charge in [-0.15, -0.1) is 0 Å². The lowest BCUT2D eigenvalue weighted by atomic mass is 10.2. The molecule has 0 saturated carbocycles. The molecule has 3 amide bonds. The molecule has 14 heteroatoms. The Morgan fingerprint density at radius 3 is 2.63 bits per heavy atom. The summed E-state index contributed by atoms with van der Waals surface area (Å²) in [5.74, 6) is -0.621. The van der Waals surface area contributed by atoms with Crippen LogP contribution in [0.2, 0.25) is 0 Å². The largest absolute Gasteiger partial charge is 0.444 e. The van der Waals surface area contributed by atoms with Gasteiger partial charge in [-0.05, 0) is 37.6 Å². The van der Waals surface area contributed by atoms with E-state index in [1.165, 1.54) is 24.3 Å². The SMILES string of the molecule is CN1C[C@@H](S)C[C@H]1C(=O)N1CC[C@H](NC(=O)CN=C(N)NC(=O)OCc2ccc([N+](=O)[O-])cc2)C1. The Morgan fingerprint density at radius 2 is 2.00 bits per heavy atom. The third-order valence-electron chi connectivity index (χ3n) is 5.82. The molecule has 0 aromatic heterocycles. The van der Waals surface area contributed by atoms with Crippen LogP contribution in [0, 0.1) is 10.1 Å². The van der Waals surface area contributed by atoms with Crippen molar-refractivity contribution in [1.82, 2.24) is 20.4 Å². The molecule has 0 radical (unpaired) electrons. The summed E-state index contributed by atoms with van der Waals surface area (Å²) in [7, 11) is 1.91. The van der Waals surface area contributed by atoms with E-state index in [1.54, 1.807) is 4.90 Å². The van der Waals surface area contributed by atoms with E-state index in [0.29, 0.717) is 31.5 Å². The Hall–Kier alpha value is -3.39. The lowest BCUT2D eigenvalue weighted by Crippen LogP contribution is -2.45. The lowest BCUT2D eigenvalue weighted by molar-refractivity contribution is -0.384. The lowest BCUT2D eigenvalue weighted by Gasteiger charge is -2.25. The number of nitrogens with zero attached hydrogens (tertiary/aromatic N) is 4. The van der Waals surface area contributed by atoms with E-state index in [1.807, 2.05) is 11.9 Å². The number of nitro benzene ring substituents is 1. The summed E-state index contributed by atoms with van der Waals surface area (Å²) < 4.78 is 4.98. The fourth-order valence-corrected chi connectivity index (χ4v) is 4.48. The molecule has 13 nitrogen and oxygen atoms in total. The van der Waals surface area contributed by atoms with E-state index < -0.39 is 11.0 Å². The van der Waals surface area contributed by atoms with Crippen LogP contribution in [0.1, 0.15) is 18.4 Å². The number of ether oxygens (including phenoxy) is 1. The van der Waals surface area contributed by atoms with Crippen molar-refractivity contribution in [2.45, 2.75) is 36.8 Å². The molecule has 3 atom stereocenters. The van der Waals surface area contributed by atoms with E-state index in [-0.39, 0.29) is 53.9 Å². The van der Waals surface area contributed by atoms with Crippen LogP contribution >= 0.6 is 12.6 Å². The van der Waals surface area contributed by atoms with E-state index in [0.717, 1.165) is 6.54 Å². The third-order valence-corrected chi connectivity index (χ3v) is 6.19. The minimum Gasteiger partial charge on any atom is -0.444 e. The summed E-state index contributed by atoms with van der Waals surface area (Å²) in [6.07, 6.45) is 0.476. The molecular weight excluding hydrogens is 478 g/mol. The molecule has 0 bridgehead atoms. The third kappa shape index (κ3) is 7.55. The first kappa shape index (κ1) is 26.2. The minimum absolute atomic E-state index is 0.0551. The van der Waals surface area contributed by atoms with Crippen molar-refractivity contribution in [3.05, 3.63) is 39.9 Å². The molecule has 0 unspecified atom stereocenters. The molecule has 4 N–H and O–H groups in total. The Kier molecular flexibility index (Phi) is 8.87. The smallest absolute Gasteiger partial charge is 0.414 e. The molecule has 35 heavy (non-hydrogen) atoms. The summed E-state index contributed by atoms with van der Waals surface area (Å²) in [6, 6.07) is 5.18. The molecular formula is C21H29N7O6S. The van der Waals surface area contributed by atoms with Crippen LogP contribution in [0.4, 0.5) is 10.5 Å². The van der Waals surface area contributed by atoms with Gasteiger partial charge in [0.15, 0.2) is 5.96 Å². The summed E-state index contributed by atoms with van der Waals surface area (Å²) in [5, 5.41) is 15.9. The van der Waals surface area contributed by atoms with Crippen LogP contribution in [0.3, 0.4) is 0 Å². The van der Waals surface area contributed by atoms with Gasteiger partial charge in [0, 0.05) is 43.1 Å². The Morgan fingerprint density at radius 1 is 1.29 bits per heavy atom. The van der Waals surface area contributed by atoms with Gasteiger partial charge in [0.05, 0.1) is 11.0 Å². The monoisotopic (exact) mass is 507 g/mol. The van der Waals surface area contributed by atoms with Crippen molar-refractivity contribution in [3.8, 4) is 0 Å². The fourth-order valence-electron chi connectivity index (χ4n) is 4.02. The van der Waals surface area contributed by atoms with Crippen molar-refractivity contribution >= 4 is 42.2 Å². The standard InChI is InChI=1S/C21H29N7O6S/c1-26-11-16(35)8-17(26)19(30)27-7-6-14(10-27)24-18(29)9-23-20(22)25-21(31)34-12-13-2-4-15(5-3-13)28(32)33/h2-5,14,16-17,35H,6-12H2,1H3,(H,24,29)(H3,22,23,25,31)/t14-,16-,17-/m0/s1. The molecule has 1 aromatic carbocycles. The molecule has 2 fully saturated rings. The molecule has 190 valence electrons. The topological polar surface area (TPSA) is 172 Å². The first-order valence-electron chi connectivity index (χ1n) is 11.1. The maximum atomic E-state index is 12.8. The molecule has 3 rings (SSSR count). The highest BCUT2D eigenvalue weighted by atomic mass is 32.1. The van der Waals surface area contributed by atoms with E-state index in [4.69, 9.17) is 10.5 Å². The number of nitrogens with one attached hydrogen (secondary N) is 2. The predicted octanol–water partition coefficient (Wildman–Crippen LogP) is -0.145.